The molecule has 0 aromatic carbocycles. The lowest BCUT2D eigenvalue weighted by molar-refractivity contribution is -0.139. The minimum atomic E-state index is -4.33. The zero-order valence-electron chi connectivity index (χ0n) is 6.85. The molecular formula is C5H8F3N3O2S. The van der Waals surface area contributed by atoms with Crippen LogP contribution in [0.4, 0.5) is 13.2 Å². The first kappa shape index (κ1) is 13.0. The molecule has 0 aliphatic rings. The summed E-state index contributed by atoms with van der Waals surface area (Å²) in [6, 6.07) is 0. The van der Waals surface area contributed by atoms with E-state index in [0.29, 0.717) is 0 Å². The lowest BCUT2D eigenvalue weighted by atomic mass is 10.5. The normalized spacial score (nSPS) is 10.9. The van der Waals surface area contributed by atoms with Gasteiger partial charge in [0.2, 0.25) is 0 Å². The Morgan fingerprint density at radius 3 is 2.29 bits per heavy atom. The first-order valence-corrected chi connectivity index (χ1v) is 4.35. The molecule has 9 heteroatoms. The van der Waals surface area contributed by atoms with Gasteiger partial charge in [0.15, 0.2) is 0 Å². The Labute approximate surface area is 81.6 Å². The number of carbonyl (C=O) groups is 2. The van der Waals surface area contributed by atoms with Crippen LogP contribution < -0.4 is 16.6 Å². The van der Waals surface area contributed by atoms with Gasteiger partial charge in [-0.3, -0.25) is 15.0 Å². The molecule has 0 fully saturated rings. The molecule has 0 aliphatic carbocycles. The van der Waals surface area contributed by atoms with Crippen molar-refractivity contribution in [1.82, 2.24) is 10.7 Å². The molecule has 0 atom stereocenters. The van der Waals surface area contributed by atoms with Crippen molar-refractivity contribution in [2.24, 2.45) is 5.84 Å². The SMILES string of the molecule is NNC(=O)C(=O)NCCSC(F)(F)F. The summed E-state index contributed by atoms with van der Waals surface area (Å²) in [4.78, 5) is 21.0. The van der Waals surface area contributed by atoms with Crippen LogP contribution in [-0.2, 0) is 9.59 Å². The third kappa shape index (κ3) is 6.54. The molecule has 2 amide bonds. The fourth-order valence-corrected chi connectivity index (χ4v) is 0.913. The first-order chi connectivity index (χ1) is 6.37. The average molecular weight is 231 g/mol. The van der Waals surface area contributed by atoms with E-state index in [9.17, 15) is 22.8 Å². The van der Waals surface area contributed by atoms with Crippen LogP contribution in [0.1, 0.15) is 0 Å². The van der Waals surface area contributed by atoms with E-state index in [2.05, 4.69) is 5.84 Å². The molecule has 0 radical (unpaired) electrons. The summed E-state index contributed by atoms with van der Waals surface area (Å²) in [6.45, 7) is -0.254. The van der Waals surface area contributed by atoms with Crippen LogP contribution in [0.2, 0.25) is 0 Å². The zero-order chi connectivity index (χ0) is 11.2. The highest BCUT2D eigenvalue weighted by Crippen LogP contribution is 2.29. The third-order valence-electron chi connectivity index (χ3n) is 0.991. The van der Waals surface area contributed by atoms with E-state index in [0.717, 1.165) is 0 Å². The van der Waals surface area contributed by atoms with Crippen molar-refractivity contribution in [3.63, 3.8) is 0 Å². The fraction of sp³-hybridized carbons (Fsp3) is 0.600. The van der Waals surface area contributed by atoms with E-state index in [1.54, 1.807) is 5.43 Å². The molecule has 0 saturated heterocycles. The maximum atomic E-state index is 11.6. The number of thioether (sulfide) groups is 1. The number of hydrogen-bond acceptors (Lipinski definition) is 4. The summed E-state index contributed by atoms with van der Waals surface area (Å²) in [5, 5.41) is 1.95. The summed E-state index contributed by atoms with van der Waals surface area (Å²) < 4.78 is 34.7. The molecule has 0 heterocycles. The number of nitrogens with one attached hydrogen (secondary N) is 2. The van der Waals surface area contributed by atoms with Crippen LogP contribution in [0, 0.1) is 0 Å². The van der Waals surface area contributed by atoms with Crippen LogP contribution >= 0.6 is 11.8 Å². The van der Waals surface area contributed by atoms with Crippen molar-refractivity contribution in [3.05, 3.63) is 0 Å². The standard InChI is InChI=1S/C5H8F3N3O2S/c6-5(7,8)14-2-1-10-3(12)4(13)11-9/h1-2,9H2,(H,10,12)(H,11,13). The first-order valence-electron chi connectivity index (χ1n) is 3.36. The minimum absolute atomic E-state index is 0.254. The highest BCUT2D eigenvalue weighted by Gasteiger charge is 2.27. The van der Waals surface area contributed by atoms with E-state index in [4.69, 9.17) is 0 Å². The quantitative estimate of drug-likeness (QED) is 0.198. The van der Waals surface area contributed by atoms with Crippen LogP contribution in [0.5, 0.6) is 0 Å². The molecule has 14 heavy (non-hydrogen) atoms. The maximum Gasteiger partial charge on any atom is 0.441 e. The second-order valence-corrected chi connectivity index (χ2v) is 3.18. The second-order valence-electron chi connectivity index (χ2n) is 2.02. The van der Waals surface area contributed by atoms with E-state index in [1.165, 1.54) is 0 Å². The van der Waals surface area contributed by atoms with Crippen molar-refractivity contribution >= 4 is 23.6 Å². The number of alkyl halides is 3. The number of rotatable bonds is 3. The van der Waals surface area contributed by atoms with Gasteiger partial charge < -0.3 is 5.32 Å². The van der Waals surface area contributed by atoms with Crippen molar-refractivity contribution in [2.45, 2.75) is 5.51 Å². The Hall–Kier alpha value is -0.960. The molecule has 82 valence electrons. The smallest absolute Gasteiger partial charge is 0.347 e. The van der Waals surface area contributed by atoms with Gasteiger partial charge >= 0.3 is 17.3 Å². The monoisotopic (exact) mass is 231 g/mol. The van der Waals surface area contributed by atoms with Gasteiger partial charge in [-0.05, 0) is 11.8 Å². The van der Waals surface area contributed by atoms with Crippen LogP contribution in [0.15, 0.2) is 0 Å². The van der Waals surface area contributed by atoms with Crippen LogP contribution in [0.3, 0.4) is 0 Å². The summed E-state index contributed by atoms with van der Waals surface area (Å²) in [7, 11) is 0. The molecule has 0 aliphatic heterocycles. The largest absolute Gasteiger partial charge is 0.441 e. The predicted molar refractivity (Wildman–Crippen MR) is 43.9 cm³/mol. The Balaban J connectivity index is 3.56. The molecule has 0 unspecified atom stereocenters. The molecule has 0 aromatic heterocycles. The van der Waals surface area contributed by atoms with Crippen LogP contribution in [0.25, 0.3) is 0 Å². The number of amides is 2. The minimum Gasteiger partial charge on any atom is -0.347 e. The fourth-order valence-electron chi connectivity index (χ4n) is 0.477. The van der Waals surface area contributed by atoms with Crippen molar-refractivity contribution in [2.75, 3.05) is 12.3 Å². The molecular weight excluding hydrogens is 223 g/mol. The summed E-state index contributed by atoms with van der Waals surface area (Å²) in [5.74, 6) is 2.09. The van der Waals surface area contributed by atoms with Gasteiger partial charge in [0.1, 0.15) is 0 Å². The highest BCUT2D eigenvalue weighted by molar-refractivity contribution is 8.00. The van der Waals surface area contributed by atoms with Gasteiger partial charge in [-0.15, -0.1) is 0 Å². The molecule has 0 spiro atoms. The lowest BCUT2D eigenvalue weighted by Gasteiger charge is -2.05. The Morgan fingerprint density at radius 2 is 1.86 bits per heavy atom. The van der Waals surface area contributed by atoms with Crippen molar-refractivity contribution in [1.29, 1.82) is 0 Å². The van der Waals surface area contributed by atoms with Gasteiger partial charge in [-0.1, -0.05) is 0 Å². The number of nitrogens with two attached hydrogens (primary N) is 1. The Bertz CT molecular complexity index is 221. The van der Waals surface area contributed by atoms with E-state index in [1.807, 2.05) is 5.32 Å². The number of hydrogen-bond donors (Lipinski definition) is 3. The number of halogens is 3. The highest BCUT2D eigenvalue weighted by atomic mass is 32.2. The van der Waals surface area contributed by atoms with E-state index < -0.39 is 17.3 Å². The van der Waals surface area contributed by atoms with Crippen molar-refractivity contribution in [3.8, 4) is 0 Å². The number of hydrazine groups is 1. The molecule has 0 saturated carbocycles. The average Bonchev–Trinajstić information content (AvgIpc) is 2.09. The Kier molecular flexibility index (Phi) is 5.31. The third-order valence-corrected chi connectivity index (χ3v) is 1.73. The molecule has 0 aromatic rings. The molecule has 5 nitrogen and oxygen atoms in total. The second kappa shape index (κ2) is 5.70. The molecule has 0 rings (SSSR count). The van der Waals surface area contributed by atoms with Gasteiger partial charge in [0, 0.05) is 12.3 Å². The van der Waals surface area contributed by atoms with Gasteiger partial charge in [-0.2, -0.15) is 13.2 Å². The van der Waals surface area contributed by atoms with Crippen LogP contribution in [-0.4, -0.2) is 29.6 Å². The van der Waals surface area contributed by atoms with E-state index >= 15 is 0 Å². The predicted octanol–water partition coefficient (Wildman–Crippen LogP) is -0.655. The maximum absolute atomic E-state index is 11.6. The van der Waals surface area contributed by atoms with Gasteiger partial charge in [0.05, 0.1) is 0 Å². The van der Waals surface area contributed by atoms with Crippen molar-refractivity contribution < 1.29 is 22.8 Å². The van der Waals surface area contributed by atoms with E-state index in [-0.39, 0.29) is 24.1 Å². The Morgan fingerprint density at radius 1 is 1.29 bits per heavy atom. The molecule has 0 bridgehead atoms. The van der Waals surface area contributed by atoms with Gasteiger partial charge in [-0.25, -0.2) is 5.84 Å². The topological polar surface area (TPSA) is 84.2 Å². The van der Waals surface area contributed by atoms with Gasteiger partial charge in [0.25, 0.3) is 0 Å². The number of carbonyl (C=O) groups excluding carboxylic acids is 2. The summed E-state index contributed by atoms with van der Waals surface area (Å²) in [6.07, 6.45) is 0. The molecule has 4 N–H and O–H groups in total. The summed E-state index contributed by atoms with van der Waals surface area (Å²) >= 11 is -0.283. The summed E-state index contributed by atoms with van der Waals surface area (Å²) in [5.41, 5.74) is -2.79. The zero-order valence-corrected chi connectivity index (χ0v) is 7.67. The lowest BCUT2D eigenvalue weighted by Crippen LogP contribution is -2.43.